The van der Waals surface area contributed by atoms with Crippen molar-refractivity contribution in [2.75, 3.05) is 0 Å². The summed E-state index contributed by atoms with van der Waals surface area (Å²) in [4.78, 5) is 29.6. The van der Waals surface area contributed by atoms with Gasteiger partial charge in [0.2, 0.25) is 11.6 Å². The predicted octanol–water partition coefficient (Wildman–Crippen LogP) is -0.697. The first-order valence-electron chi connectivity index (χ1n) is 3.82. The summed E-state index contributed by atoms with van der Waals surface area (Å²) in [6.45, 7) is 0. The number of ketones is 2. The minimum absolute atomic E-state index is 0.0367. The van der Waals surface area contributed by atoms with Crippen LogP contribution in [0, 0.1) is 0 Å². The zero-order valence-electron chi connectivity index (χ0n) is 6.74. The van der Waals surface area contributed by atoms with E-state index in [0.717, 1.165) is 0 Å². The van der Waals surface area contributed by atoms with E-state index < -0.39 is 0 Å². The number of aromatic amines is 2. The maximum Gasteiger partial charge on any atom is 0.236 e. The molecule has 68 valence electrons. The Morgan fingerprint density at radius 3 is 2.50 bits per heavy atom. The first-order chi connectivity index (χ1) is 6.79. The lowest BCUT2D eigenvalue weighted by atomic mass is 10.00. The van der Waals surface area contributed by atoms with Crippen LogP contribution in [-0.4, -0.2) is 36.9 Å². The van der Waals surface area contributed by atoms with Gasteiger partial charge in [0.05, 0.1) is 6.33 Å². The number of nitrogens with zero attached hydrogens (tertiary/aromatic N) is 3. The van der Waals surface area contributed by atoms with Crippen LogP contribution in [0.5, 0.6) is 0 Å². The molecule has 0 spiro atoms. The number of hydrogen-bond donors (Lipinski definition) is 2. The third-order valence-corrected chi connectivity index (χ3v) is 2.06. The van der Waals surface area contributed by atoms with Crippen molar-refractivity contribution < 1.29 is 9.59 Å². The van der Waals surface area contributed by atoms with Crippen LogP contribution >= 0.6 is 0 Å². The van der Waals surface area contributed by atoms with Crippen LogP contribution in [0.4, 0.5) is 0 Å². The first-order valence-corrected chi connectivity index (χ1v) is 3.82. The Hall–Kier alpha value is -2.31. The highest BCUT2D eigenvalue weighted by molar-refractivity contribution is 6.25. The summed E-state index contributed by atoms with van der Waals surface area (Å²) in [5, 5.41) is 9.46. The van der Waals surface area contributed by atoms with Gasteiger partial charge in [-0.25, -0.2) is 4.98 Å². The van der Waals surface area contributed by atoms with Crippen LogP contribution in [0.15, 0.2) is 6.33 Å². The van der Waals surface area contributed by atoms with Crippen molar-refractivity contribution in [3.8, 4) is 0 Å². The fourth-order valence-corrected chi connectivity index (χ4v) is 1.42. The van der Waals surface area contributed by atoms with Crippen molar-refractivity contribution in [1.82, 2.24) is 25.4 Å². The summed E-state index contributed by atoms with van der Waals surface area (Å²) < 4.78 is 0. The van der Waals surface area contributed by atoms with Crippen molar-refractivity contribution in [2.45, 2.75) is 0 Å². The van der Waals surface area contributed by atoms with Gasteiger partial charge in [0, 0.05) is 0 Å². The summed E-state index contributed by atoms with van der Waals surface area (Å²) in [6.07, 6.45) is 1.30. The van der Waals surface area contributed by atoms with Crippen LogP contribution in [-0.2, 0) is 0 Å². The molecule has 0 bridgehead atoms. The van der Waals surface area contributed by atoms with E-state index in [2.05, 4.69) is 25.4 Å². The highest BCUT2D eigenvalue weighted by atomic mass is 16.1. The summed E-state index contributed by atoms with van der Waals surface area (Å²) in [6, 6.07) is 0. The van der Waals surface area contributed by atoms with Gasteiger partial charge in [-0.15, -0.1) is 0 Å². The standard InChI is InChI=1S/C7H3N5O2/c13-6-2-3(9-1-8-2)7(14)5-4(6)10-12-11-5/h1H,(H,8,9)(H,10,11,12). The largest absolute Gasteiger partial charge is 0.341 e. The second-order valence-corrected chi connectivity index (χ2v) is 2.81. The van der Waals surface area contributed by atoms with Crippen molar-refractivity contribution in [3.63, 3.8) is 0 Å². The maximum absolute atomic E-state index is 11.6. The van der Waals surface area contributed by atoms with Crippen LogP contribution in [0.2, 0.25) is 0 Å². The lowest BCUT2D eigenvalue weighted by molar-refractivity contribution is 0.0969. The Balaban J connectivity index is 2.37. The van der Waals surface area contributed by atoms with E-state index in [9.17, 15) is 9.59 Å². The molecule has 0 fully saturated rings. The summed E-state index contributed by atoms with van der Waals surface area (Å²) in [7, 11) is 0. The Kier molecular flexibility index (Phi) is 1.09. The maximum atomic E-state index is 11.6. The first kappa shape index (κ1) is 7.13. The Bertz CT molecular complexity index is 461. The van der Waals surface area contributed by atoms with Gasteiger partial charge in [0.25, 0.3) is 0 Å². The van der Waals surface area contributed by atoms with E-state index in [1.165, 1.54) is 6.33 Å². The average molecular weight is 189 g/mol. The molecule has 2 heterocycles. The van der Waals surface area contributed by atoms with Crippen LogP contribution < -0.4 is 0 Å². The zero-order chi connectivity index (χ0) is 9.71. The molecule has 0 unspecified atom stereocenters. The van der Waals surface area contributed by atoms with Gasteiger partial charge in [-0.1, -0.05) is 0 Å². The Morgan fingerprint density at radius 1 is 1.00 bits per heavy atom. The lowest BCUT2D eigenvalue weighted by Crippen LogP contribution is -2.20. The number of H-pyrrole nitrogens is 2. The third kappa shape index (κ3) is 0.645. The number of imidazole rings is 1. The molecule has 7 nitrogen and oxygen atoms in total. The summed E-state index contributed by atoms with van der Waals surface area (Å²) >= 11 is 0. The molecule has 2 aromatic rings. The number of fused-ring (bicyclic) bond motifs is 2. The highest BCUT2D eigenvalue weighted by Gasteiger charge is 2.35. The van der Waals surface area contributed by atoms with Gasteiger partial charge in [-0.05, 0) is 0 Å². The number of nitrogens with one attached hydrogen (secondary N) is 2. The predicted molar refractivity (Wildman–Crippen MR) is 41.8 cm³/mol. The second kappa shape index (κ2) is 2.13. The van der Waals surface area contributed by atoms with Crippen molar-refractivity contribution in [3.05, 3.63) is 29.1 Å². The minimum atomic E-state index is -0.385. The van der Waals surface area contributed by atoms with Crippen LogP contribution in [0.3, 0.4) is 0 Å². The molecule has 0 saturated carbocycles. The van der Waals surface area contributed by atoms with Gasteiger partial charge >= 0.3 is 0 Å². The van der Waals surface area contributed by atoms with Crippen LogP contribution in [0.1, 0.15) is 32.4 Å². The van der Waals surface area contributed by atoms with Crippen molar-refractivity contribution >= 4 is 11.6 Å². The lowest BCUT2D eigenvalue weighted by Gasteiger charge is -2.04. The topological polar surface area (TPSA) is 104 Å². The molecule has 0 aliphatic heterocycles. The number of aromatic nitrogens is 5. The molecule has 0 aromatic carbocycles. The molecule has 1 aliphatic rings. The quantitative estimate of drug-likeness (QED) is 0.486. The molecule has 14 heavy (non-hydrogen) atoms. The van der Waals surface area contributed by atoms with Gasteiger partial charge < -0.3 is 4.98 Å². The van der Waals surface area contributed by atoms with Gasteiger partial charge in [0.15, 0.2) is 11.4 Å². The molecule has 0 atom stereocenters. The average Bonchev–Trinajstić information content (AvgIpc) is 2.82. The molecular formula is C7H3N5O2. The van der Waals surface area contributed by atoms with E-state index in [0.29, 0.717) is 0 Å². The molecule has 2 N–H and O–H groups in total. The monoisotopic (exact) mass is 189 g/mol. The summed E-state index contributed by atoms with van der Waals surface area (Å²) in [5.41, 5.74) is 0.370. The SMILES string of the molecule is O=C1c2n[nH]nc2C(=O)c2[nH]cnc21. The molecule has 0 radical (unpaired) electrons. The zero-order valence-corrected chi connectivity index (χ0v) is 6.74. The number of carbonyl (C=O) groups excluding carboxylic acids is 2. The number of carbonyl (C=O) groups is 2. The molecule has 2 aromatic heterocycles. The molecular weight excluding hydrogens is 186 g/mol. The van der Waals surface area contributed by atoms with Crippen molar-refractivity contribution in [2.24, 2.45) is 0 Å². The molecule has 3 rings (SSSR count). The van der Waals surface area contributed by atoms with Crippen LogP contribution in [0.25, 0.3) is 0 Å². The fourth-order valence-electron chi connectivity index (χ4n) is 1.42. The van der Waals surface area contributed by atoms with Crippen molar-refractivity contribution in [1.29, 1.82) is 0 Å². The molecule has 1 aliphatic carbocycles. The van der Waals surface area contributed by atoms with E-state index in [4.69, 9.17) is 0 Å². The van der Waals surface area contributed by atoms with Gasteiger partial charge in [0.1, 0.15) is 11.4 Å². The molecule has 0 amide bonds. The van der Waals surface area contributed by atoms with E-state index in [-0.39, 0.29) is 34.3 Å². The third-order valence-electron chi connectivity index (χ3n) is 2.06. The Labute approximate surface area is 76.5 Å². The van der Waals surface area contributed by atoms with E-state index >= 15 is 0 Å². The molecule has 0 saturated heterocycles. The van der Waals surface area contributed by atoms with Gasteiger partial charge in [-0.3, -0.25) is 9.59 Å². The smallest absolute Gasteiger partial charge is 0.236 e. The number of hydrogen-bond acceptors (Lipinski definition) is 5. The minimum Gasteiger partial charge on any atom is -0.341 e. The van der Waals surface area contributed by atoms with E-state index in [1.54, 1.807) is 0 Å². The van der Waals surface area contributed by atoms with Gasteiger partial charge in [-0.2, -0.15) is 15.4 Å². The Morgan fingerprint density at radius 2 is 1.71 bits per heavy atom. The normalized spacial score (nSPS) is 14.0. The fraction of sp³-hybridized carbons (Fsp3) is 0. The summed E-state index contributed by atoms with van der Waals surface area (Å²) in [5.74, 6) is -0.745. The van der Waals surface area contributed by atoms with E-state index in [1.807, 2.05) is 0 Å². The number of rotatable bonds is 0. The molecule has 7 heteroatoms. The highest BCUT2D eigenvalue weighted by Crippen LogP contribution is 2.20. The second-order valence-electron chi connectivity index (χ2n) is 2.81.